The van der Waals surface area contributed by atoms with Crippen LogP contribution in [0.3, 0.4) is 0 Å². The van der Waals surface area contributed by atoms with E-state index in [1.807, 2.05) is 6.92 Å². The van der Waals surface area contributed by atoms with Crippen LogP contribution in [0.4, 0.5) is 5.69 Å². The fraction of sp³-hybridized carbons (Fsp3) is 0.208. The molecule has 3 N–H and O–H groups in total. The normalized spacial score (nSPS) is 13.6. The van der Waals surface area contributed by atoms with Crippen LogP contribution in [0, 0.1) is 18.3 Å². The van der Waals surface area contributed by atoms with Gasteiger partial charge in [-0.15, -0.1) is 17.0 Å². The molecule has 2 aromatic carbocycles. The van der Waals surface area contributed by atoms with E-state index in [1.165, 1.54) is 5.69 Å². The molecule has 0 radical (unpaired) electrons. The lowest BCUT2D eigenvalue weighted by Crippen LogP contribution is -2.43. The molecule has 1 fully saturated rings. The number of fused-ring (bicyclic) bond motifs is 1. The molecule has 0 unspecified atom stereocenters. The first kappa shape index (κ1) is 21.8. The molecule has 0 amide bonds. The number of aromatic nitrogens is 3. The van der Waals surface area contributed by atoms with Gasteiger partial charge in [-0.05, 0) is 48.9 Å². The summed E-state index contributed by atoms with van der Waals surface area (Å²) in [7, 11) is 0. The Balaban J connectivity index is 0.00000245. The number of pyridine rings is 1. The van der Waals surface area contributed by atoms with Crippen LogP contribution >= 0.6 is 17.0 Å². The van der Waals surface area contributed by atoms with Gasteiger partial charge in [0.2, 0.25) is 0 Å². The number of hydrogen-bond acceptors (Lipinski definition) is 6. The second kappa shape index (κ2) is 8.99. The summed E-state index contributed by atoms with van der Waals surface area (Å²) in [4.78, 5) is 7.07. The number of phenols is 1. The molecule has 0 aliphatic carbocycles. The van der Waals surface area contributed by atoms with Gasteiger partial charge in [-0.1, -0.05) is 12.1 Å². The number of aryl methyl sites for hydroxylation is 1. The van der Waals surface area contributed by atoms with Crippen molar-refractivity contribution in [2.24, 2.45) is 0 Å². The number of piperazine rings is 1. The van der Waals surface area contributed by atoms with Gasteiger partial charge in [-0.2, -0.15) is 10.4 Å². The van der Waals surface area contributed by atoms with E-state index >= 15 is 0 Å². The maximum absolute atomic E-state index is 9.91. The van der Waals surface area contributed by atoms with E-state index in [9.17, 15) is 10.4 Å². The van der Waals surface area contributed by atoms with E-state index in [4.69, 9.17) is 4.98 Å². The zero-order valence-electron chi connectivity index (χ0n) is 17.6. The van der Waals surface area contributed by atoms with Crippen molar-refractivity contribution in [3.63, 3.8) is 0 Å². The number of nitrogens with zero attached hydrogens (tertiary/aromatic N) is 4. The Morgan fingerprint density at radius 2 is 1.81 bits per heavy atom. The first-order valence-corrected chi connectivity index (χ1v) is 10.3. The summed E-state index contributed by atoms with van der Waals surface area (Å²) in [6.45, 7) is 5.84. The Kier molecular flexibility index (Phi) is 6.12. The van der Waals surface area contributed by atoms with E-state index in [0.717, 1.165) is 53.9 Å². The van der Waals surface area contributed by atoms with Crippen LogP contribution in [-0.2, 0) is 0 Å². The molecule has 0 saturated carbocycles. The predicted octanol–water partition coefficient (Wildman–Crippen LogP) is 4.17. The zero-order chi connectivity index (χ0) is 21.4. The molecule has 1 saturated heterocycles. The lowest BCUT2D eigenvalue weighted by Gasteiger charge is -2.29. The van der Waals surface area contributed by atoms with Crippen LogP contribution in [0.15, 0.2) is 48.5 Å². The van der Waals surface area contributed by atoms with Gasteiger partial charge in [-0.3, -0.25) is 5.10 Å². The average molecular weight is 491 g/mol. The number of halogens is 1. The highest BCUT2D eigenvalue weighted by Gasteiger charge is 2.20. The minimum absolute atomic E-state index is 0. The molecule has 162 valence electrons. The molecule has 3 heterocycles. The van der Waals surface area contributed by atoms with Gasteiger partial charge < -0.3 is 15.3 Å². The molecular weight excluding hydrogens is 468 g/mol. The lowest BCUT2D eigenvalue weighted by molar-refractivity contribution is 0.475. The molecule has 0 bridgehead atoms. The second-order valence-electron chi connectivity index (χ2n) is 7.70. The predicted molar refractivity (Wildman–Crippen MR) is 131 cm³/mol. The number of nitrogens with one attached hydrogen (secondary N) is 2. The molecule has 5 rings (SSSR count). The van der Waals surface area contributed by atoms with Gasteiger partial charge >= 0.3 is 0 Å². The van der Waals surface area contributed by atoms with E-state index in [0.29, 0.717) is 16.9 Å². The summed E-state index contributed by atoms with van der Waals surface area (Å²) < 4.78 is 0. The van der Waals surface area contributed by atoms with Crippen molar-refractivity contribution in [1.82, 2.24) is 20.5 Å². The minimum atomic E-state index is 0. The van der Waals surface area contributed by atoms with Crippen molar-refractivity contribution in [1.29, 1.82) is 5.26 Å². The summed E-state index contributed by atoms with van der Waals surface area (Å²) in [5, 5.41) is 31.3. The van der Waals surface area contributed by atoms with Crippen molar-refractivity contribution in [2.75, 3.05) is 31.1 Å². The highest BCUT2D eigenvalue weighted by Crippen LogP contribution is 2.35. The monoisotopic (exact) mass is 490 g/mol. The summed E-state index contributed by atoms with van der Waals surface area (Å²) >= 11 is 0. The van der Waals surface area contributed by atoms with E-state index in [2.05, 4.69) is 50.7 Å². The van der Waals surface area contributed by atoms with Gasteiger partial charge in [0.25, 0.3) is 0 Å². The van der Waals surface area contributed by atoms with Crippen molar-refractivity contribution >= 4 is 33.7 Å². The number of aromatic amines is 1. The van der Waals surface area contributed by atoms with Gasteiger partial charge in [0, 0.05) is 43.0 Å². The Labute approximate surface area is 196 Å². The summed E-state index contributed by atoms with van der Waals surface area (Å²) in [5.74, 6) is 0.173. The Morgan fingerprint density at radius 1 is 1.06 bits per heavy atom. The van der Waals surface area contributed by atoms with Crippen molar-refractivity contribution in [3.05, 3.63) is 59.7 Å². The molecular formula is C24H23BrN6O. The molecule has 1 aliphatic rings. The topological polar surface area (TPSA) is 101 Å². The molecule has 0 atom stereocenters. The Bertz CT molecular complexity index is 1300. The largest absolute Gasteiger partial charge is 0.508 e. The highest BCUT2D eigenvalue weighted by atomic mass is 79.9. The number of hydrogen-bond donors (Lipinski definition) is 3. The number of rotatable bonds is 3. The van der Waals surface area contributed by atoms with Crippen molar-refractivity contribution in [3.8, 4) is 34.3 Å². The van der Waals surface area contributed by atoms with Crippen LogP contribution in [0.5, 0.6) is 5.75 Å². The van der Waals surface area contributed by atoms with Crippen LogP contribution in [0.25, 0.3) is 33.5 Å². The Morgan fingerprint density at radius 3 is 2.53 bits per heavy atom. The van der Waals surface area contributed by atoms with Gasteiger partial charge in [-0.25, -0.2) is 4.98 Å². The molecule has 1 aliphatic heterocycles. The molecule has 8 heteroatoms. The van der Waals surface area contributed by atoms with Crippen molar-refractivity contribution < 1.29 is 5.11 Å². The standard InChI is InChI=1S/C24H22N6O.BrH/c1-15-20(14-25)22(16-5-7-19(31)8-6-16)27-24-21(15)23(28-29-24)17-3-2-4-18(13-17)30-11-9-26-10-12-30;/h2-8,13,26,31H,9-12H2,1H3,(H,27,28,29);1H. The summed E-state index contributed by atoms with van der Waals surface area (Å²) in [6, 6.07) is 17.4. The average Bonchev–Trinajstić information content (AvgIpc) is 3.25. The van der Waals surface area contributed by atoms with Crippen molar-refractivity contribution in [2.45, 2.75) is 6.92 Å². The number of nitriles is 1. The zero-order valence-corrected chi connectivity index (χ0v) is 19.3. The summed E-state index contributed by atoms with van der Waals surface area (Å²) in [5.41, 5.74) is 6.32. The maximum atomic E-state index is 9.91. The molecule has 2 aromatic heterocycles. The smallest absolute Gasteiger partial charge is 0.182 e. The van der Waals surface area contributed by atoms with Crippen LogP contribution in [0.2, 0.25) is 0 Å². The fourth-order valence-electron chi connectivity index (χ4n) is 4.19. The van der Waals surface area contributed by atoms with Gasteiger partial charge in [0.15, 0.2) is 5.65 Å². The SMILES string of the molecule is Br.Cc1c(C#N)c(-c2ccc(O)cc2)nc2n[nH]c(-c3cccc(N4CCNCC4)c3)c12. The maximum Gasteiger partial charge on any atom is 0.182 e. The first-order chi connectivity index (χ1) is 15.2. The fourth-order valence-corrected chi connectivity index (χ4v) is 4.19. The van der Waals surface area contributed by atoms with Crippen LogP contribution in [0.1, 0.15) is 11.1 Å². The van der Waals surface area contributed by atoms with Crippen LogP contribution in [-0.4, -0.2) is 46.5 Å². The summed E-state index contributed by atoms with van der Waals surface area (Å²) in [6.07, 6.45) is 0. The quantitative estimate of drug-likeness (QED) is 0.398. The van der Waals surface area contributed by atoms with Gasteiger partial charge in [0.1, 0.15) is 11.8 Å². The first-order valence-electron chi connectivity index (χ1n) is 10.3. The highest BCUT2D eigenvalue weighted by molar-refractivity contribution is 8.93. The third-order valence-corrected chi connectivity index (χ3v) is 5.82. The second-order valence-corrected chi connectivity index (χ2v) is 7.70. The lowest BCUT2D eigenvalue weighted by atomic mass is 9.97. The number of aromatic hydroxyl groups is 1. The van der Waals surface area contributed by atoms with E-state index in [1.54, 1.807) is 24.3 Å². The number of phenolic OH excluding ortho intramolecular Hbond substituents is 1. The minimum Gasteiger partial charge on any atom is -0.508 e. The number of H-pyrrole nitrogens is 1. The Hall–Kier alpha value is -3.41. The third-order valence-electron chi connectivity index (χ3n) is 5.82. The van der Waals surface area contributed by atoms with Crippen LogP contribution < -0.4 is 10.2 Å². The molecule has 32 heavy (non-hydrogen) atoms. The molecule has 0 spiro atoms. The number of anilines is 1. The molecule has 4 aromatic rings. The number of benzene rings is 2. The van der Waals surface area contributed by atoms with Gasteiger partial charge in [0.05, 0.1) is 22.3 Å². The van der Waals surface area contributed by atoms with E-state index < -0.39 is 0 Å². The third kappa shape index (κ3) is 3.81. The van der Waals surface area contributed by atoms with E-state index in [-0.39, 0.29) is 22.7 Å². The molecule has 7 nitrogen and oxygen atoms in total.